The van der Waals surface area contributed by atoms with Crippen LogP contribution in [-0.2, 0) is 6.54 Å². The van der Waals surface area contributed by atoms with Gasteiger partial charge in [0.1, 0.15) is 5.82 Å². The van der Waals surface area contributed by atoms with Gasteiger partial charge in [0.15, 0.2) is 0 Å². The number of nitrogens with zero attached hydrogens (tertiary/aromatic N) is 2. The van der Waals surface area contributed by atoms with Gasteiger partial charge in [-0.1, -0.05) is 42.5 Å². The van der Waals surface area contributed by atoms with E-state index in [1.807, 2.05) is 67.6 Å². The molecule has 0 spiro atoms. The number of hydrogen-bond acceptors (Lipinski definition) is 3. The van der Waals surface area contributed by atoms with Crippen molar-refractivity contribution in [1.29, 1.82) is 0 Å². The third-order valence-corrected chi connectivity index (χ3v) is 3.51. The van der Waals surface area contributed by atoms with Crippen molar-refractivity contribution in [2.24, 2.45) is 0 Å². The average molecular weight is 303 g/mol. The standard InChI is InChI=1S/C19H17N3O/c1-14-20-12-11-18(22-14)16-7-9-17(10-8-16)19(23)21-13-15-5-3-2-4-6-15/h2-12H,13H2,1H3,(H,21,23). The van der Waals surface area contributed by atoms with Gasteiger partial charge in [0, 0.05) is 23.9 Å². The summed E-state index contributed by atoms with van der Waals surface area (Å²) in [4.78, 5) is 20.7. The van der Waals surface area contributed by atoms with E-state index in [0.717, 1.165) is 22.6 Å². The molecule has 4 heteroatoms. The summed E-state index contributed by atoms with van der Waals surface area (Å²) in [6.07, 6.45) is 1.73. The van der Waals surface area contributed by atoms with Gasteiger partial charge >= 0.3 is 0 Å². The van der Waals surface area contributed by atoms with E-state index >= 15 is 0 Å². The zero-order valence-corrected chi connectivity index (χ0v) is 12.9. The topological polar surface area (TPSA) is 54.9 Å². The van der Waals surface area contributed by atoms with Crippen LogP contribution in [-0.4, -0.2) is 15.9 Å². The van der Waals surface area contributed by atoms with Crippen molar-refractivity contribution in [3.8, 4) is 11.3 Å². The molecule has 23 heavy (non-hydrogen) atoms. The molecule has 0 bridgehead atoms. The van der Waals surface area contributed by atoms with E-state index < -0.39 is 0 Å². The van der Waals surface area contributed by atoms with E-state index in [1.165, 1.54) is 0 Å². The first kappa shape index (κ1) is 14.9. The molecule has 0 aliphatic carbocycles. The molecular formula is C19H17N3O. The van der Waals surface area contributed by atoms with Gasteiger partial charge in [0.25, 0.3) is 5.91 Å². The van der Waals surface area contributed by atoms with Crippen LogP contribution in [0.3, 0.4) is 0 Å². The van der Waals surface area contributed by atoms with Gasteiger partial charge in [-0.25, -0.2) is 9.97 Å². The average Bonchev–Trinajstić information content (AvgIpc) is 2.61. The highest BCUT2D eigenvalue weighted by molar-refractivity contribution is 5.94. The van der Waals surface area contributed by atoms with Gasteiger partial charge in [0.2, 0.25) is 0 Å². The Morgan fingerprint density at radius 2 is 1.74 bits per heavy atom. The van der Waals surface area contributed by atoms with Gasteiger partial charge in [-0.05, 0) is 30.7 Å². The maximum absolute atomic E-state index is 12.2. The maximum Gasteiger partial charge on any atom is 0.251 e. The van der Waals surface area contributed by atoms with E-state index in [9.17, 15) is 4.79 Å². The summed E-state index contributed by atoms with van der Waals surface area (Å²) in [5.74, 6) is 0.645. The molecule has 1 N–H and O–H groups in total. The largest absolute Gasteiger partial charge is 0.348 e. The smallest absolute Gasteiger partial charge is 0.251 e. The molecule has 0 fully saturated rings. The SMILES string of the molecule is Cc1nccc(-c2ccc(C(=O)NCc3ccccc3)cc2)n1. The molecule has 3 aromatic rings. The predicted octanol–water partition coefficient (Wildman–Crippen LogP) is 3.38. The van der Waals surface area contributed by atoms with Crippen molar-refractivity contribution >= 4 is 5.91 Å². The number of hydrogen-bond donors (Lipinski definition) is 1. The van der Waals surface area contributed by atoms with Crippen molar-refractivity contribution in [2.75, 3.05) is 0 Å². The number of aromatic nitrogens is 2. The number of benzene rings is 2. The molecule has 2 aromatic carbocycles. The van der Waals surface area contributed by atoms with Gasteiger partial charge in [-0.2, -0.15) is 0 Å². The minimum atomic E-state index is -0.0840. The summed E-state index contributed by atoms with van der Waals surface area (Å²) in [5, 5.41) is 2.92. The van der Waals surface area contributed by atoms with E-state index in [1.54, 1.807) is 6.20 Å². The van der Waals surface area contributed by atoms with Crippen molar-refractivity contribution < 1.29 is 4.79 Å². The van der Waals surface area contributed by atoms with Crippen LogP contribution in [0.5, 0.6) is 0 Å². The van der Waals surface area contributed by atoms with Crippen LogP contribution in [0.4, 0.5) is 0 Å². The Balaban J connectivity index is 1.68. The van der Waals surface area contributed by atoms with Crippen LogP contribution in [0.2, 0.25) is 0 Å². The fraction of sp³-hybridized carbons (Fsp3) is 0.105. The first-order valence-electron chi connectivity index (χ1n) is 7.44. The van der Waals surface area contributed by atoms with Crippen LogP contribution >= 0.6 is 0 Å². The lowest BCUT2D eigenvalue weighted by atomic mass is 10.1. The first-order chi connectivity index (χ1) is 11.2. The molecule has 3 rings (SSSR count). The van der Waals surface area contributed by atoms with E-state index in [2.05, 4.69) is 15.3 Å². The highest BCUT2D eigenvalue weighted by Crippen LogP contribution is 2.17. The maximum atomic E-state index is 12.2. The Morgan fingerprint density at radius 3 is 2.43 bits per heavy atom. The Bertz CT molecular complexity index is 798. The number of amides is 1. The Labute approximate surface area is 135 Å². The third kappa shape index (κ3) is 3.80. The van der Waals surface area contributed by atoms with Crippen LogP contribution in [0.1, 0.15) is 21.7 Å². The Hall–Kier alpha value is -3.01. The minimum absolute atomic E-state index is 0.0840. The van der Waals surface area contributed by atoms with Gasteiger partial charge in [0.05, 0.1) is 5.69 Å². The van der Waals surface area contributed by atoms with Gasteiger partial charge < -0.3 is 5.32 Å². The lowest BCUT2D eigenvalue weighted by molar-refractivity contribution is 0.0951. The fourth-order valence-electron chi connectivity index (χ4n) is 2.29. The molecule has 4 nitrogen and oxygen atoms in total. The second kappa shape index (κ2) is 6.83. The van der Waals surface area contributed by atoms with Crippen molar-refractivity contribution in [3.63, 3.8) is 0 Å². The molecule has 0 saturated carbocycles. The van der Waals surface area contributed by atoms with E-state index in [4.69, 9.17) is 0 Å². The molecule has 0 atom stereocenters. The molecule has 0 radical (unpaired) electrons. The quantitative estimate of drug-likeness (QED) is 0.804. The third-order valence-electron chi connectivity index (χ3n) is 3.51. The van der Waals surface area contributed by atoms with Crippen LogP contribution in [0, 0.1) is 6.92 Å². The lowest BCUT2D eigenvalue weighted by Gasteiger charge is -2.06. The Kier molecular flexibility index (Phi) is 4.43. The molecule has 0 saturated heterocycles. The fourth-order valence-corrected chi connectivity index (χ4v) is 2.29. The van der Waals surface area contributed by atoms with E-state index in [-0.39, 0.29) is 5.91 Å². The van der Waals surface area contributed by atoms with Crippen LogP contribution in [0.25, 0.3) is 11.3 Å². The summed E-state index contributed by atoms with van der Waals surface area (Å²) in [5.41, 5.74) is 3.54. The summed E-state index contributed by atoms with van der Waals surface area (Å²) in [6, 6.07) is 19.1. The highest BCUT2D eigenvalue weighted by Gasteiger charge is 2.06. The second-order valence-corrected chi connectivity index (χ2v) is 5.23. The van der Waals surface area contributed by atoms with Crippen LogP contribution < -0.4 is 5.32 Å². The van der Waals surface area contributed by atoms with Crippen molar-refractivity contribution in [1.82, 2.24) is 15.3 Å². The molecule has 1 aromatic heterocycles. The number of carbonyl (C=O) groups is 1. The highest BCUT2D eigenvalue weighted by atomic mass is 16.1. The summed E-state index contributed by atoms with van der Waals surface area (Å²) in [6.45, 7) is 2.38. The zero-order valence-electron chi connectivity index (χ0n) is 12.9. The molecule has 1 amide bonds. The number of rotatable bonds is 4. The second-order valence-electron chi connectivity index (χ2n) is 5.23. The summed E-state index contributed by atoms with van der Waals surface area (Å²) < 4.78 is 0. The molecule has 1 heterocycles. The molecule has 0 unspecified atom stereocenters. The number of aryl methyl sites for hydroxylation is 1. The lowest BCUT2D eigenvalue weighted by Crippen LogP contribution is -2.22. The number of carbonyl (C=O) groups excluding carboxylic acids is 1. The number of nitrogens with one attached hydrogen (secondary N) is 1. The van der Waals surface area contributed by atoms with Gasteiger partial charge in [-0.15, -0.1) is 0 Å². The normalized spacial score (nSPS) is 10.3. The van der Waals surface area contributed by atoms with Crippen molar-refractivity contribution in [2.45, 2.75) is 13.5 Å². The van der Waals surface area contributed by atoms with E-state index in [0.29, 0.717) is 12.1 Å². The van der Waals surface area contributed by atoms with Crippen molar-refractivity contribution in [3.05, 3.63) is 83.8 Å². The predicted molar refractivity (Wildman–Crippen MR) is 89.8 cm³/mol. The monoisotopic (exact) mass is 303 g/mol. The first-order valence-corrected chi connectivity index (χ1v) is 7.44. The molecule has 0 aliphatic rings. The summed E-state index contributed by atoms with van der Waals surface area (Å²) >= 11 is 0. The molecule has 0 aliphatic heterocycles. The molecule has 114 valence electrons. The van der Waals surface area contributed by atoms with Crippen LogP contribution in [0.15, 0.2) is 66.9 Å². The minimum Gasteiger partial charge on any atom is -0.348 e. The molecular weight excluding hydrogens is 286 g/mol. The zero-order chi connectivity index (χ0) is 16.1. The Morgan fingerprint density at radius 1 is 1.00 bits per heavy atom. The van der Waals surface area contributed by atoms with Gasteiger partial charge in [-0.3, -0.25) is 4.79 Å². The summed E-state index contributed by atoms with van der Waals surface area (Å²) in [7, 11) is 0.